The standard InChI is InChI=1S/C16H23NO2.C13H28N2O/c1-13(12-17-6-2-3-7-17)10-14-4-5-15-16(11-14)19-9-8-18-15;1-2-3-4-5-6-7-8-9-10-11-12-15-13(14)16/h4-5,11,13H,2-3,6-10,12H2,1H3;2-12H2,1H3,(H3,14,15,16). The highest BCUT2D eigenvalue weighted by atomic mass is 16.6. The molecule has 0 spiro atoms. The average Bonchev–Trinajstić information content (AvgIpc) is 3.35. The molecule has 0 bridgehead atoms. The van der Waals surface area contributed by atoms with Gasteiger partial charge in [-0.15, -0.1) is 0 Å². The van der Waals surface area contributed by atoms with Crippen molar-refractivity contribution in [1.29, 1.82) is 0 Å². The molecule has 0 aromatic heterocycles. The number of primary amides is 1. The third-order valence-electron chi connectivity index (χ3n) is 6.79. The summed E-state index contributed by atoms with van der Waals surface area (Å²) in [6, 6.07) is 5.96. The molecule has 2 amide bonds. The summed E-state index contributed by atoms with van der Waals surface area (Å²) in [5, 5.41) is 2.61. The number of urea groups is 1. The number of nitrogens with one attached hydrogen (secondary N) is 1. The van der Waals surface area contributed by atoms with Crippen LogP contribution in [0, 0.1) is 5.92 Å². The molecule has 6 nitrogen and oxygen atoms in total. The summed E-state index contributed by atoms with van der Waals surface area (Å²) in [6.07, 6.45) is 17.0. The van der Waals surface area contributed by atoms with Gasteiger partial charge in [-0.1, -0.05) is 77.7 Å². The predicted octanol–water partition coefficient (Wildman–Crippen LogP) is 6.31. The van der Waals surface area contributed by atoms with Gasteiger partial charge in [0.25, 0.3) is 0 Å². The van der Waals surface area contributed by atoms with Crippen LogP contribution in [0.25, 0.3) is 0 Å². The number of carbonyl (C=O) groups is 1. The van der Waals surface area contributed by atoms with Crippen molar-refractivity contribution in [1.82, 2.24) is 10.2 Å². The molecule has 35 heavy (non-hydrogen) atoms. The quantitative estimate of drug-likeness (QED) is 0.283. The maximum absolute atomic E-state index is 10.4. The van der Waals surface area contributed by atoms with E-state index in [1.165, 1.54) is 95.8 Å². The number of amides is 2. The van der Waals surface area contributed by atoms with Crippen molar-refractivity contribution < 1.29 is 14.3 Å². The van der Waals surface area contributed by atoms with Gasteiger partial charge in [0, 0.05) is 13.1 Å². The van der Waals surface area contributed by atoms with E-state index < -0.39 is 6.03 Å². The zero-order valence-electron chi connectivity index (χ0n) is 22.5. The lowest BCUT2D eigenvalue weighted by Crippen LogP contribution is -2.29. The van der Waals surface area contributed by atoms with Crippen molar-refractivity contribution in [2.24, 2.45) is 11.7 Å². The van der Waals surface area contributed by atoms with Gasteiger partial charge in [-0.25, -0.2) is 4.79 Å². The maximum Gasteiger partial charge on any atom is 0.312 e. The SMILES string of the molecule is CC(Cc1ccc2c(c1)OCCO2)CN1CCCC1.CCCCCCCCCCCCNC(N)=O. The summed E-state index contributed by atoms with van der Waals surface area (Å²) in [4.78, 5) is 13.0. The van der Waals surface area contributed by atoms with Crippen LogP contribution in [0.5, 0.6) is 11.5 Å². The van der Waals surface area contributed by atoms with Gasteiger partial charge in [0.2, 0.25) is 0 Å². The number of rotatable bonds is 15. The van der Waals surface area contributed by atoms with Crippen LogP contribution < -0.4 is 20.5 Å². The van der Waals surface area contributed by atoms with E-state index in [0.717, 1.165) is 30.9 Å². The molecular formula is C29H51N3O3. The van der Waals surface area contributed by atoms with Crippen LogP contribution in [0.4, 0.5) is 4.79 Å². The van der Waals surface area contributed by atoms with Crippen molar-refractivity contribution in [2.45, 2.75) is 97.3 Å². The fraction of sp³-hybridized carbons (Fsp3) is 0.759. The molecule has 2 aliphatic rings. The highest BCUT2D eigenvalue weighted by Gasteiger charge is 2.16. The van der Waals surface area contributed by atoms with Gasteiger partial charge < -0.3 is 25.4 Å². The summed E-state index contributed by atoms with van der Waals surface area (Å²) in [6.45, 7) is 10.4. The fourth-order valence-corrected chi connectivity index (χ4v) is 4.91. The Morgan fingerprint density at radius 1 is 0.943 bits per heavy atom. The van der Waals surface area contributed by atoms with Crippen molar-refractivity contribution in [3.8, 4) is 11.5 Å². The Hall–Kier alpha value is -1.95. The zero-order chi connectivity index (χ0) is 25.1. The smallest absolute Gasteiger partial charge is 0.312 e. The second-order valence-corrected chi connectivity index (χ2v) is 10.3. The number of hydrogen-bond donors (Lipinski definition) is 2. The number of likely N-dealkylation sites (tertiary alicyclic amines) is 1. The molecule has 0 aliphatic carbocycles. The first kappa shape index (κ1) is 29.3. The Morgan fingerprint density at radius 3 is 2.17 bits per heavy atom. The molecule has 200 valence electrons. The zero-order valence-corrected chi connectivity index (χ0v) is 22.5. The van der Waals surface area contributed by atoms with Crippen molar-refractivity contribution in [2.75, 3.05) is 39.4 Å². The van der Waals surface area contributed by atoms with E-state index in [9.17, 15) is 4.79 Å². The number of nitrogens with two attached hydrogens (primary N) is 1. The van der Waals surface area contributed by atoms with Crippen LogP contribution in [-0.4, -0.2) is 50.3 Å². The minimum Gasteiger partial charge on any atom is -0.486 e. The minimum absolute atomic E-state index is 0.407. The number of carbonyl (C=O) groups excluding carboxylic acids is 1. The molecule has 1 aromatic rings. The lowest BCUT2D eigenvalue weighted by atomic mass is 10.00. The van der Waals surface area contributed by atoms with Gasteiger partial charge in [-0.2, -0.15) is 0 Å². The molecule has 1 unspecified atom stereocenters. The molecule has 0 saturated carbocycles. The molecular weight excluding hydrogens is 438 g/mol. The minimum atomic E-state index is -0.407. The van der Waals surface area contributed by atoms with Crippen LogP contribution in [0.2, 0.25) is 0 Å². The Labute approximate surface area is 214 Å². The highest BCUT2D eigenvalue weighted by Crippen LogP contribution is 2.31. The topological polar surface area (TPSA) is 76.8 Å². The molecule has 2 aliphatic heterocycles. The Morgan fingerprint density at radius 2 is 1.54 bits per heavy atom. The predicted molar refractivity (Wildman–Crippen MR) is 145 cm³/mol. The first-order valence-electron chi connectivity index (χ1n) is 14.2. The summed E-state index contributed by atoms with van der Waals surface area (Å²) < 4.78 is 11.2. The molecule has 2 heterocycles. The Kier molecular flexibility index (Phi) is 15.3. The summed E-state index contributed by atoms with van der Waals surface area (Å²) in [5.41, 5.74) is 6.32. The molecule has 3 N–H and O–H groups in total. The fourth-order valence-electron chi connectivity index (χ4n) is 4.91. The summed E-state index contributed by atoms with van der Waals surface area (Å²) in [7, 11) is 0. The summed E-state index contributed by atoms with van der Waals surface area (Å²) >= 11 is 0. The molecule has 1 atom stereocenters. The van der Waals surface area contributed by atoms with Crippen molar-refractivity contribution >= 4 is 6.03 Å². The van der Waals surface area contributed by atoms with E-state index in [1.54, 1.807) is 0 Å². The number of unbranched alkanes of at least 4 members (excludes halogenated alkanes) is 9. The molecule has 1 fully saturated rings. The van der Waals surface area contributed by atoms with E-state index >= 15 is 0 Å². The van der Waals surface area contributed by atoms with E-state index in [0.29, 0.717) is 19.1 Å². The second kappa shape index (κ2) is 18.3. The van der Waals surface area contributed by atoms with Gasteiger partial charge >= 0.3 is 6.03 Å². The molecule has 3 rings (SSSR count). The molecule has 1 aromatic carbocycles. The molecule has 1 saturated heterocycles. The van der Waals surface area contributed by atoms with Crippen molar-refractivity contribution in [3.05, 3.63) is 23.8 Å². The Bertz CT molecular complexity index is 692. The largest absolute Gasteiger partial charge is 0.486 e. The summed E-state index contributed by atoms with van der Waals surface area (Å²) in [5.74, 6) is 2.50. The van der Waals surface area contributed by atoms with E-state index in [1.807, 2.05) is 6.07 Å². The van der Waals surface area contributed by atoms with E-state index in [4.69, 9.17) is 15.2 Å². The first-order valence-corrected chi connectivity index (χ1v) is 14.2. The molecule has 6 heteroatoms. The monoisotopic (exact) mass is 489 g/mol. The van der Waals surface area contributed by atoms with E-state index in [-0.39, 0.29) is 0 Å². The highest BCUT2D eigenvalue weighted by molar-refractivity contribution is 5.71. The third kappa shape index (κ3) is 13.6. The maximum atomic E-state index is 10.4. The second-order valence-electron chi connectivity index (χ2n) is 10.3. The van der Waals surface area contributed by atoms with E-state index in [2.05, 4.69) is 36.2 Å². The lowest BCUT2D eigenvalue weighted by molar-refractivity contribution is 0.171. The van der Waals surface area contributed by atoms with Gasteiger partial charge in [-0.05, 0) is 62.4 Å². The van der Waals surface area contributed by atoms with Crippen LogP contribution >= 0.6 is 0 Å². The third-order valence-corrected chi connectivity index (χ3v) is 6.79. The Balaban J connectivity index is 0.000000252. The van der Waals surface area contributed by atoms with Gasteiger partial charge in [0.1, 0.15) is 13.2 Å². The number of fused-ring (bicyclic) bond motifs is 1. The van der Waals surface area contributed by atoms with Crippen LogP contribution in [-0.2, 0) is 6.42 Å². The number of hydrogen-bond acceptors (Lipinski definition) is 4. The number of nitrogens with zero attached hydrogens (tertiary/aromatic N) is 1. The van der Waals surface area contributed by atoms with Crippen LogP contribution in [0.15, 0.2) is 18.2 Å². The van der Waals surface area contributed by atoms with Gasteiger partial charge in [-0.3, -0.25) is 0 Å². The lowest BCUT2D eigenvalue weighted by Gasteiger charge is -2.22. The number of ether oxygens (including phenoxy) is 2. The van der Waals surface area contributed by atoms with Crippen LogP contribution in [0.3, 0.4) is 0 Å². The molecule has 0 radical (unpaired) electrons. The normalized spacial score (nSPS) is 15.8. The van der Waals surface area contributed by atoms with Crippen molar-refractivity contribution in [3.63, 3.8) is 0 Å². The van der Waals surface area contributed by atoms with Gasteiger partial charge in [0.05, 0.1) is 0 Å². The van der Waals surface area contributed by atoms with Gasteiger partial charge in [0.15, 0.2) is 11.5 Å². The average molecular weight is 490 g/mol. The first-order chi connectivity index (χ1) is 17.1. The van der Waals surface area contributed by atoms with Crippen LogP contribution in [0.1, 0.15) is 96.5 Å². The number of benzene rings is 1.